The van der Waals surface area contributed by atoms with Crippen LogP contribution in [-0.4, -0.2) is 57.4 Å². The van der Waals surface area contributed by atoms with Gasteiger partial charge in [-0.05, 0) is 72.6 Å². The van der Waals surface area contributed by atoms with E-state index >= 15 is 0 Å². The average molecular weight is 612 g/mol. The Hall–Kier alpha value is -4.38. The van der Waals surface area contributed by atoms with Crippen LogP contribution in [0.5, 0.6) is 17.2 Å². The van der Waals surface area contributed by atoms with Gasteiger partial charge in [-0.25, -0.2) is 18.0 Å². The maximum absolute atomic E-state index is 12.8. The van der Waals surface area contributed by atoms with Crippen molar-refractivity contribution < 1.29 is 42.1 Å². The first-order valence-corrected chi connectivity index (χ1v) is 15.9. The summed E-state index contributed by atoms with van der Waals surface area (Å²) in [5.74, 6) is -1.52. The van der Waals surface area contributed by atoms with E-state index in [0.29, 0.717) is 23.5 Å². The number of carbonyl (C=O) groups excluding carboxylic acids is 2. The number of nitrogens with one attached hydrogen (secondary N) is 1. The molecule has 10 nitrogen and oxygen atoms in total. The molecule has 0 aliphatic rings. The minimum absolute atomic E-state index is 0.0428. The fourth-order valence-corrected chi connectivity index (χ4v) is 4.83. The Bertz CT molecular complexity index is 1500. The normalized spacial score (nSPS) is 11.8. The van der Waals surface area contributed by atoms with E-state index in [1.165, 1.54) is 62.8 Å². The lowest BCUT2D eigenvalue weighted by Gasteiger charge is -2.16. The molecule has 0 aliphatic carbocycles. The molecule has 1 atom stereocenters. The Morgan fingerprint density at radius 3 is 2.12 bits per heavy atom. The van der Waals surface area contributed by atoms with Crippen LogP contribution in [0.25, 0.3) is 0 Å². The van der Waals surface area contributed by atoms with Crippen LogP contribution in [0.2, 0.25) is 0 Å². The van der Waals surface area contributed by atoms with Gasteiger partial charge in [-0.2, -0.15) is 0 Å². The Labute approximate surface area is 251 Å². The molecule has 0 heterocycles. The molecule has 0 bridgehead atoms. The molecule has 3 aromatic rings. The maximum Gasteiger partial charge on any atom is 0.343 e. The summed E-state index contributed by atoms with van der Waals surface area (Å²) in [5, 5.41) is 12.2. The van der Waals surface area contributed by atoms with Crippen LogP contribution in [0.3, 0.4) is 0 Å². The monoisotopic (exact) mass is 611 g/mol. The predicted molar refractivity (Wildman–Crippen MR) is 161 cm³/mol. The molecule has 230 valence electrons. The molecule has 0 saturated heterocycles. The summed E-state index contributed by atoms with van der Waals surface area (Å²) in [5.41, 5.74) is 0.938. The highest BCUT2D eigenvalue weighted by atomic mass is 32.2. The highest BCUT2D eigenvalue weighted by Gasteiger charge is 2.23. The number of aliphatic carboxylic acids is 1. The molecule has 2 N–H and O–H groups in total. The van der Waals surface area contributed by atoms with E-state index in [-0.39, 0.29) is 28.4 Å². The second kappa shape index (κ2) is 15.7. The molecule has 1 amide bonds. The fourth-order valence-electron chi connectivity index (χ4n) is 4.20. The summed E-state index contributed by atoms with van der Waals surface area (Å²) in [6, 6.07) is 15.1. The molecule has 1 unspecified atom stereocenters. The number of methoxy groups -OCH3 is 1. The van der Waals surface area contributed by atoms with Gasteiger partial charge in [-0.1, -0.05) is 38.7 Å². The summed E-state index contributed by atoms with van der Waals surface area (Å²) in [7, 11) is -2.05. The van der Waals surface area contributed by atoms with Crippen LogP contribution >= 0.6 is 0 Å². The Kier molecular flexibility index (Phi) is 12.1. The number of rotatable bonds is 16. The number of hydrogen-bond acceptors (Lipinski definition) is 8. The van der Waals surface area contributed by atoms with E-state index < -0.39 is 33.7 Å². The van der Waals surface area contributed by atoms with Gasteiger partial charge in [0.2, 0.25) is 0 Å². The molecule has 0 aliphatic heterocycles. The number of carboxylic acids is 1. The van der Waals surface area contributed by atoms with E-state index in [4.69, 9.17) is 14.2 Å². The van der Waals surface area contributed by atoms with Gasteiger partial charge < -0.3 is 24.6 Å². The Morgan fingerprint density at radius 1 is 0.860 bits per heavy atom. The summed E-state index contributed by atoms with van der Waals surface area (Å²) in [6.45, 7) is 2.78. The van der Waals surface area contributed by atoms with Crippen LogP contribution < -0.4 is 19.5 Å². The zero-order chi connectivity index (χ0) is 31.4. The summed E-state index contributed by atoms with van der Waals surface area (Å²) < 4.78 is 39.9. The lowest BCUT2D eigenvalue weighted by molar-refractivity contribution is -0.139. The Balaban J connectivity index is 1.61. The SMILES string of the molecule is CCCCCCCOc1ccc(C(=O)Oc2ccc(CC(NC(=O)c3ccc(S(C)(=O)=O)cc3)C(=O)O)cc2OC)cc1. The van der Waals surface area contributed by atoms with Crippen molar-refractivity contribution in [3.8, 4) is 17.2 Å². The minimum atomic E-state index is -3.44. The second-order valence-corrected chi connectivity index (χ2v) is 12.0. The van der Waals surface area contributed by atoms with Crippen LogP contribution in [0.1, 0.15) is 65.3 Å². The molecule has 43 heavy (non-hydrogen) atoms. The standard InChI is InChI=1S/C32H37NO9S/c1-4-5-6-7-8-19-41-25-14-10-24(11-15-25)32(37)42-28-18-9-22(21-29(28)40-2)20-27(31(35)36)33-30(34)23-12-16-26(17-13-23)43(3,38)39/h9-18,21,27H,4-8,19-20H2,1-3H3,(H,33,34)(H,35,36). The molecule has 0 radical (unpaired) electrons. The second-order valence-electron chi connectivity index (χ2n) is 10.0. The number of amides is 1. The van der Waals surface area contributed by atoms with Crippen molar-refractivity contribution in [2.75, 3.05) is 20.0 Å². The quantitative estimate of drug-likeness (QED) is 0.128. The van der Waals surface area contributed by atoms with Crippen molar-refractivity contribution in [3.63, 3.8) is 0 Å². The first-order valence-electron chi connectivity index (χ1n) is 14.0. The van der Waals surface area contributed by atoms with Gasteiger partial charge in [0.05, 0.1) is 24.2 Å². The first-order chi connectivity index (χ1) is 20.5. The van der Waals surface area contributed by atoms with E-state index in [1.807, 2.05) is 0 Å². The van der Waals surface area contributed by atoms with Crippen LogP contribution in [-0.2, 0) is 21.1 Å². The number of esters is 1. The van der Waals surface area contributed by atoms with Crippen molar-refractivity contribution in [1.82, 2.24) is 5.32 Å². The molecule has 0 fully saturated rings. The van der Waals surface area contributed by atoms with Gasteiger partial charge in [0.1, 0.15) is 11.8 Å². The van der Waals surface area contributed by atoms with Crippen LogP contribution in [0.4, 0.5) is 0 Å². The highest BCUT2D eigenvalue weighted by Crippen LogP contribution is 2.29. The van der Waals surface area contributed by atoms with Gasteiger partial charge in [0.25, 0.3) is 5.91 Å². The van der Waals surface area contributed by atoms with Crippen LogP contribution in [0, 0.1) is 0 Å². The fraction of sp³-hybridized carbons (Fsp3) is 0.344. The highest BCUT2D eigenvalue weighted by molar-refractivity contribution is 7.90. The number of carbonyl (C=O) groups is 3. The Morgan fingerprint density at radius 2 is 1.51 bits per heavy atom. The molecule has 11 heteroatoms. The van der Waals surface area contributed by atoms with Crippen molar-refractivity contribution in [2.24, 2.45) is 0 Å². The van der Waals surface area contributed by atoms with Gasteiger partial charge in [-0.15, -0.1) is 0 Å². The average Bonchev–Trinajstić information content (AvgIpc) is 2.99. The predicted octanol–water partition coefficient (Wildman–Crippen LogP) is 5.09. The number of sulfone groups is 1. The molecule has 3 rings (SSSR count). The third-order valence-corrected chi connectivity index (χ3v) is 7.75. The lowest BCUT2D eigenvalue weighted by atomic mass is 10.0. The molecular formula is C32H37NO9S. The molecule has 0 spiro atoms. The topological polar surface area (TPSA) is 145 Å². The largest absolute Gasteiger partial charge is 0.494 e. The summed E-state index contributed by atoms with van der Waals surface area (Å²) >= 11 is 0. The number of carboxylic acid groups (broad SMARTS) is 1. The van der Waals surface area contributed by atoms with Gasteiger partial charge in [0.15, 0.2) is 21.3 Å². The van der Waals surface area contributed by atoms with Gasteiger partial charge in [-0.3, -0.25) is 4.79 Å². The molecule has 0 saturated carbocycles. The molecule has 0 aromatic heterocycles. The smallest absolute Gasteiger partial charge is 0.343 e. The number of benzene rings is 3. The van der Waals surface area contributed by atoms with Crippen molar-refractivity contribution in [3.05, 3.63) is 83.4 Å². The van der Waals surface area contributed by atoms with E-state index in [1.54, 1.807) is 30.3 Å². The first kappa shape index (κ1) is 33.1. The van der Waals surface area contributed by atoms with Gasteiger partial charge >= 0.3 is 11.9 Å². The van der Waals surface area contributed by atoms with E-state index in [9.17, 15) is 27.9 Å². The van der Waals surface area contributed by atoms with Crippen molar-refractivity contribution in [2.45, 2.75) is 56.4 Å². The van der Waals surface area contributed by atoms with Gasteiger partial charge in [0, 0.05) is 18.2 Å². The zero-order valence-electron chi connectivity index (χ0n) is 24.5. The molecular weight excluding hydrogens is 574 g/mol. The van der Waals surface area contributed by atoms with E-state index in [0.717, 1.165) is 19.1 Å². The third kappa shape index (κ3) is 10.1. The summed E-state index contributed by atoms with van der Waals surface area (Å²) in [6.07, 6.45) is 6.65. The maximum atomic E-state index is 12.8. The molecule has 3 aromatic carbocycles. The number of hydrogen-bond donors (Lipinski definition) is 2. The van der Waals surface area contributed by atoms with E-state index in [2.05, 4.69) is 12.2 Å². The van der Waals surface area contributed by atoms with Crippen LogP contribution in [0.15, 0.2) is 71.6 Å². The minimum Gasteiger partial charge on any atom is -0.494 e. The van der Waals surface area contributed by atoms with Crippen molar-refractivity contribution in [1.29, 1.82) is 0 Å². The van der Waals surface area contributed by atoms with Crippen molar-refractivity contribution >= 4 is 27.7 Å². The lowest BCUT2D eigenvalue weighted by Crippen LogP contribution is -2.42. The third-order valence-electron chi connectivity index (χ3n) is 6.63. The zero-order valence-corrected chi connectivity index (χ0v) is 25.3. The number of ether oxygens (including phenoxy) is 3. The number of unbranched alkanes of at least 4 members (excludes halogenated alkanes) is 4. The summed E-state index contributed by atoms with van der Waals surface area (Å²) in [4.78, 5) is 37.4.